The molecular weight excluding hydrogens is 1820 g/mol. The zero-order valence-corrected chi connectivity index (χ0v) is 86.2. The summed E-state index contributed by atoms with van der Waals surface area (Å²) in [5.74, 6) is -2.24. The number of nitrogens with one attached hydrogen (secondary N) is 6. The highest BCUT2D eigenvalue weighted by Crippen LogP contribution is 2.62. The van der Waals surface area contributed by atoms with Crippen molar-refractivity contribution in [3.63, 3.8) is 0 Å². The van der Waals surface area contributed by atoms with Gasteiger partial charge in [-0.1, -0.05) is 300 Å². The van der Waals surface area contributed by atoms with Gasteiger partial charge in [0.05, 0.1) is 56.1 Å². The van der Waals surface area contributed by atoms with Crippen LogP contribution in [0.3, 0.4) is 0 Å². The number of anilines is 6. The van der Waals surface area contributed by atoms with Crippen LogP contribution >= 0.6 is 0 Å². The summed E-state index contributed by atoms with van der Waals surface area (Å²) in [4.78, 5) is 119. The van der Waals surface area contributed by atoms with Gasteiger partial charge in [0.15, 0.2) is 34.5 Å². The van der Waals surface area contributed by atoms with Crippen LogP contribution < -0.4 is 69.8 Å². The van der Waals surface area contributed by atoms with Gasteiger partial charge in [-0.15, -0.1) is 0 Å². The number of hydrogen-bond acceptors (Lipinski definition) is 20. The maximum atomic E-state index is 14.1. The summed E-state index contributed by atoms with van der Waals surface area (Å²) >= 11 is 0. The number of nitrogens with zero attached hydrogens (tertiary/aromatic N) is 4. The average molecular weight is 1970 g/mol. The third-order valence-electron chi connectivity index (χ3n) is 28.6. The van der Waals surface area contributed by atoms with Gasteiger partial charge in [0.1, 0.15) is 57.0 Å². The first-order valence-electron chi connectivity index (χ1n) is 54.2. The SMILES string of the molecule is CCCCCCCCCCCC1c2cc3c4cc2Oc2cc(NC(=O)CC)c(NC(=O)CC)cc2Oc2cc5c(cc21)C(CCCCCCCCCCC)c1cc2c(cc1Oc1cc(NC(=O)CC)c(NC(=O)CC)cc1O5)Oc1nc5cc([N+](=O)[O-])c([N+](=O)[O-])cc5nc1Oc1cc(c(cc1C2CCCCCCCCCCC)C3CCCCCCCCCCC)Oc1cc(NC(=O)CC)c(NC(=O)CC)cc1O4. The standard InChI is InChI=1S/C116H148N10O18/c1-11-21-25-29-33-37-41-45-49-53-73-77-57-79-74(54-50-46-42-38-34-30-26-22-12-2)81-59-83-76(56-52-48-44-40-36-32-28-24-14-4)84-60-82-75(55-51-47-43-39-35-31-27-23-13-3)80-58-78(73)96-70-98(80)140-106-66-90(120-112(130)18-8)92(122-114(132)20-10)68-108(106)142-100(82)72-102(84)144-116-115(123-85-61-93(125(133)134)94(126(135)136)62-86(85)124-116)143-101(83)71-99(81)141-107-67-91(121-113(131)19-9)89(119-111(129)17-7)65-105(107)139-97(79)69-95(77)137-103-63-87(117-109(127)15-5)88(64-104(103)138-96)118-110(128)16-6/h57-76H,11-56H2,1-10H3,(H,117,127)(H,118,128)(H,119,129)(H,120,130)(H,121,131)(H,122,132). The Morgan fingerprint density at radius 1 is 0.229 bits per heavy atom. The number of fused-ring (bicyclic) bond motifs is 5. The van der Waals surface area contributed by atoms with Gasteiger partial charge < -0.3 is 69.8 Å². The predicted molar refractivity (Wildman–Crippen MR) is 567 cm³/mol. The van der Waals surface area contributed by atoms with E-state index in [4.69, 9.17) is 47.9 Å². The number of unbranched alkanes of at least 4 members (excludes halogenated alkanes) is 32. The van der Waals surface area contributed by atoms with E-state index in [0.717, 1.165) is 214 Å². The summed E-state index contributed by atoms with van der Waals surface area (Å²) in [7, 11) is 0. The molecule has 14 rings (SSSR count). The summed E-state index contributed by atoms with van der Waals surface area (Å²) < 4.78 is 61.9. The van der Waals surface area contributed by atoms with Gasteiger partial charge in [-0.05, 0) is 49.9 Å². The normalized spacial score (nSPS) is 14.7. The Balaban J connectivity index is 1.18. The highest BCUT2D eigenvalue weighted by molar-refractivity contribution is 6.03. The van der Waals surface area contributed by atoms with Gasteiger partial charge >= 0.3 is 11.4 Å². The number of amides is 6. The van der Waals surface area contributed by atoms with Crippen LogP contribution in [-0.2, 0) is 28.8 Å². The minimum Gasteiger partial charge on any atom is -0.453 e. The van der Waals surface area contributed by atoms with E-state index in [1.165, 1.54) is 32.1 Å². The lowest BCUT2D eigenvalue weighted by Gasteiger charge is -2.30. The zero-order chi connectivity index (χ0) is 102. The number of carbonyl (C=O) groups excluding carboxylic acids is 6. The Morgan fingerprint density at radius 2 is 0.396 bits per heavy atom. The Bertz CT molecular complexity index is 5730. The van der Waals surface area contributed by atoms with E-state index in [2.05, 4.69) is 83.9 Å². The number of aromatic nitrogens is 2. The lowest BCUT2D eigenvalue weighted by atomic mass is 9.76. The molecular formula is C116H148N10O18. The van der Waals surface area contributed by atoms with E-state index in [0.29, 0.717) is 90.2 Å². The van der Waals surface area contributed by atoms with Crippen molar-refractivity contribution in [3.05, 3.63) is 162 Å². The third-order valence-corrected chi connectivity index (χ3v) is 28.6. The molecule has 2 atom stereocenters. The summed E-state index contributed by atoms with van der Waals surface area (Å²) in [5, 5.41) is 44.7. The van der Waals surface area contributed by atoms with Crippen LogP contribution in [0.5, 0.6) is 92.3 Å². The van der Waals surface area contributed by atoms with Gasteiger partial charge in [0.2, 0.25) is 35.4 Å². The summed E-state index contributed by atoms with van der Waals surface area (Å²) in [6.45, 7) is 19.3. The second-order valence-corrected chi connectivity index (χ2v) is 39.3. The second kappa shape index (κ2) is 52.6. The van der Waals surface area contributed by atoms with Crippen LogP contribution in [0.4, 0.5) is 45.5 Å². The molecule has 2 unspecified atom stereocenters. The number of ether oxygens (including phenoxy) is 8. The molecule has 0 saturated carbocycles. The number of carbonyl (C=O) groups is 6. The number of hydrogen-bond donors (Lipinski definition) is 6. The lowest BCUT2D eigenvalue weighted by molar-refractivity contribution is -0.422. The summed E-state index contributed by atoms with van der Waals surface area (Å²) in [5.41, 5.74) is 5.05. The fraction of sp³-hybridized carbons (Fsp3) is 0.517. The molecule has 8 bridgehead atoms. The second-order valence-electron chi connectivity index (χ2n) is 39.3. The molecule has 0 fully saturated rings. The van der Waals surface area contributed by atoms with Gasteiger partial charge in [0, 0.05) is 167 Å². The van der Waals surface area contributed by atoms with Crippen molar-refractivity contribution in [3.8, 4) is 92.3 Å². The van der Waals surface area contributed by atoms with Crippen molar-refractivity contribution in [1.82, 2.24) is 9.97 Å². The molecule has 5 aliphatic rings. The zero-order valence-electron chi connectivity index (χ0n) is 86.2. The maximum Gasteiger partial charge on any atom is 0.348 e. The minimum absolute atomic E-state index is 0.0700. The molecule has 6 amide bonds. The van der Waals surface area contributed by atoms with E-state index in [1.807, 2.05) is 24.3 Å². The number of rotatable bonds is 54. The largest absolute Gasteiger partial charge is 0.453 e. The molecule has 5 heterocycles. The molecule has 4 aliphatic heterocycles. The van der Waals surface area contributed by atoms with Crippen molar-refractivity contribution in [1.29, 1.82) is 0 Å². The van der Waals surface area contributed by atoms with Crippen LogP contribution in [0.25, 0.3) is 11.0 Å². The van der Waals surface area contributed by atoms with Crippen molar-refractivity contribution < 1.29 is 76.5 Å². The van der Waals surface area contributed by atoms with Gasteiger partial charge in [-0.2, -0.15) is 0 Å². The highest BCUT2D eigenvalue weighted by Gasteiger charge is 2.41. The number of nitro benzene ring substituents is 2. The van der Waals surface area contributed by atoms with Crippen LogP contribution in [-0.4, -0.2) is 55.3 Å². The monoisotopic (exact) mass is 1970 g/mol. The van der Waals surface area contributed by atoms with Crippen molar-refractivity contribution >= 4 is 92.0 Å². The molecule has 9 aromatic rings. The van der Waals surface area contributed by atoms with E-state index >= 15 is 0 Å². The maximum absolute atomic E-state index is 14.1. The predicted octanol–water partition coefficient (Wildman–Crippen LogP) is 33.7. The molecule has 1 aliphatic carbocycles. The van der Waals surface area contributed by atoms with Crippen molar-refractivity contribution in [2.45, 2.75) is 388 Å². The van der Waals surface area contributed by atoms with Gasteiger partial charge in [-0.25, -0.2) is 9.97 Å². The van der Waals surface area contributed by atoms with Crippen LogP contribution in [0.2, 0.25) is 0 Å². The third kappa shape index (κ3) is 27.2. The molecule has 8 aromatic carbocycles. The molecule has 0 saturated heterocycles. The molecule has 770 valence electrons. The first kappa shape index (κ1) is 107. The molecule has 1 aromatic heterocycles. The molecule has 28 heteroatoms. The minimum atomic E-state index is -0.834. The molecule has 0 radical (unpaired) electrons. The Morgan fingerprint density at radius 3 is 0.562 bits per heavy atom. The fourth-order valence-corrected chi connectivity index (χ4v) is 20.4. The first-order valence-corrected chi connectivity index (χ1v) is 54.2. The van der Waals surface area contributed by atoms with Gasteiger partial charge in [-0.3, -0.25) is 49.0 Å². The summed E-state index contributed by atoms with van der Waals surface area (Å²) in [6, 6.07) is 28.5. The smallest absolute Gasteiger partial charge is 0.348 e. The fourth-order valence-electron chi connectivity index (χ4n) is 20.4. The Kier molecular flexibility index (Phi) is 39.0. The Hall–Kier alpha value is -12.9. The number of nitro groups is 2. The van der Waals surface area contributed by atoms with E-state index < -0.39 is 44.9 Å². The van der Waals surface area contributed by atoms with Crippen molar-refractivity contribution in [2.24, 2.45) is 0 Å². The summed E-state index contributed by atoms with van der Waals surface area (Å²) in [6.07, 6.45) is 39.4. The highest BCUT2D eigenvalue weighted by atomic mass is 16.6. The van der Waals surface area contributed by atoms with E-state index in [-0.39, 0.29) is 188 Å². The van der Waals surface area contributed by atoms with Gasteiger partial charge in [0.25, 0.3) is 11.8 Å². The quantitative estimate of drug-likeness (QED) is 0.0117. The average Bonchev–Trinajstić information content (AvgIpc) is 1.38. The van der Waals surface area contributed by atoms with Crippen molar-refractivity contribution in [2.75, 3.05) is 31.9 Å². The molecule has 144 heavy (non-hydrogen) atoms. The molecule has 0 spiro atoms. The first-order chi connectivity index (χ1) is 70.1. The lowest BCUT2D eigenvalue weighted by Crippen LogP contribution is -2.15. The number of benzene rings is 8. The van der Waals surface area contributed by atoms with E-state index in [9.17, 15) is 49.0 Å². The topological polar surface area (TPSA) is 360 Å². The molecule has 28 nitrogen and oxygen atoms in total. The van der Waals surface area contributed by atoms with Crippen LogP contribution in [0.1, 0.15) is 433 Å². The van der Waals surface area contributed by atoms with E-state index in [1.54, 1.807) is 77.9 Å². The molecule has 6 N–H and O–H groups in total. The van der Waals surface area contributed by atoms with Crippen LogP contribution in [0.15, 0.2) is 97.1 Å². The van der Waals surface area contributed by atoms with Crippen LogP contribution in [0, 0.1) is 20.2 Å². The Labute approximate surface area is 847 Å².